The summed E-state index contributed by atoms with van der Waals surface area (Å²) in [5, 5.41) is 27.9. The third-order valence-corrected chi connectivity index (χ3v) is 5.70. The van der Waals surface area contributed by atoms with Gasteiger partial charge in [-0.1, -0.05) is 0 Å². The average molecular weight is 450 g/mol. The normalized spacial score (nSPS) is 19.3. The molecule has 0 unspecified atom stereocenters. The molecule has 0 spiro atoms. The number of pyridine rings is 1. The van der Waals surface area contributed by atoms with Gasteiger partial charge in [0.2, 0.25) is 0 Å². The largest absolute Gasteiger partial charge is 0.480 e. The van der Waals surface area contributed by atoms with Crippen molar-refractivity contribution in [1.82, 2.24) is 19.7 Å². The lowest BCUT2D eigenvalue weighted by Crippen LogP contribution is -2.44. The van der Waals surface area contributed by atoms with E-state index in [9.17, 15) is 29.7 Å². The number of aromatic nitrogens is 1. The number of hydrogen-bond donors (Lipinski definition) is 3. The fraction of sp³-hybridized carbons (Fsp3) is 0.619. The van der Waals surface area contributed by atoms with Crippen molar-refractivity contribution in [2.24, 2.45) is 0 Å². The van der Waals surface area contributed by atoms with Crippen molar-refractivity contribution in [1.29, 1.82) is 0 Å². The van der Waals surface area contributed by atoms with Crippen LogP contribution in [0, 0.1) is 0 Å². The summed E-state index contributed by atoms with van der Waals surface area (Å²) >= 11 is 0. The molecular formula is C21H31N5O6. The monoisotopic (exact) mass is 449 g/mol. The molecule has 2 aliphatic heterocycles. The van der Waals surface area contributed by atoms with Gasteiger partial charge in [-0.15, -0.1) is 0 Å². The summed E-state index contributed by atoms with van der Waals surface area (Å²) in [6.45, 7) is 3.46. The predicted molar refractivity (Wildman–Crippen MR) is 116 cm³/mol. The smallest absolute Gasteiger partial charge is 0.317 e. The molecule has 1 saturated heterocycles. The van der Waals surface area contributed by atoms with Crippen molar-refractivity contribution < 1.29 is 29.7 Å². The molecule has 1 fully saturated rings. The summed E-state index contributed by atoms with van der Waals surface area (Å²) in [7, 11) is 0. The van der Waals surface area contributed by atoms with Crippen molar-refractivity contribution in [2.75, 3.05) is 63.8 Å². The lowest BCUT2D eigenvalue weighted by atomic mass is 10.2. The van der Waals surface area contributed by atoms with Gasteiger partial charge >= 0.3 is 17.9 Å². The Bertz CT molecular complexity index is 781. The van der Waals surface area contributed by atoms with Gasteiger partial charge in [-0.25, -0.2) is 0 Å². The molecule has 1 aromatic rings. The van der Waals surface area contributed by atoms with Crippen LogP contribution >= 0.6 is 0 Å². The van der Waals surface area contributed by atoms with Crippen molar-refractivity contribution in [2.45, 2.75) is 25.9 Å². The quantitative estimate of drug-likeness (QED) is 0.512. The summed E-state index contributed by atoms with van der Waals surface area (Å²) in [6.07, 6.45) is 2.23. The minimum atomic E-state index is -0.978. The number of rotatable bonds is 7. The van der Waals surface area contributed by atoms with Crippen LogP contribution < -0.4 is 4.90 Å². The van der Waals surface area contributed by atoms with Crippen LogP contribution in [0.2, 0.25) is 0 Å². The molecule has 0 radical (unpaired) electrons. The van der Waals surface area contributed by atoms with Gasteiger partial charge in [0.15, 0.2) is 0 Å². The van der Waals surface area contributed by atoms with E-state index in [0.717, 1.165) is 43.0 Å². The first-order valence-electron chi connectivity index (χ1n) is 10.9. The van der Waals surface area contributed by atoms with Crippen molar-refractivity contribution in [3.63, 3.8) is 0 Å². The van der Waals surface area contributed by atoms with Crippen LogP contribution in [0.1, 0.15) is 24.2 Å². The van der Waals surface area contributed by atoms with Crippen LogP contribution in [0.3, 0.4) is 0 Å². The molecule has 0 amide bonds. The molecule has 11 nitrogen and oxygen atoms in total. The van der Waals surface area contributed by atoms with Crippen molar-refractivity contribution in [3.05, 3.63) is 23.5 Å². The van der Waals surface area contributed by atoms with Crippen LogP contribution in [0.5, 0.6) is 0 Å². The van der Waals surface area contributed by atoms with Gasteiger partial charge < -0.3 is 20.2 Å². The maximum absolute atomic E-state index is 11.4. The number of nitrogens with zero attached hydrogens (tertiary/aromatic N) is 5. The molecule has 3 heterocycles. The molecule has 0 atom stereocenters. The van der Waals surface area contributed by atoms with Gasteiger partial charge in [-0.3, -0.25) is 34.1 Å². The van der Waals surface area contributed by atoms with Gasteiger partial charge in [-0.2, -0.15) is 0 Å². The first-order valence-corrected chi connectivity index (χ1v) is 10.9. The SMILES string of the molecule is O=C(O)CN1CCN(CC(=O)O)Cc2cc(N3CCCC3)cc(n2)CN(CC(=O)O)CC1. The molecule has 0 saturated carbocycles. The highest BCUT2D eigenvalue weighted by Gasteiger charge is 2.21. The summed E-state index contributed by atoms with van der Waals surface area (Å²) in [5.41, 5.74) is 2.48. The van der Waals surface area contributed by atoms with E-state index in [1.807, 2.05) is 12.1 Å². The second kappa shape index (κ2) is 11.2. The van der Waals surface area contributed by atoms with Gasteiger partial charge in [0.25, 0.3) is 0 Å². The van der Waals surface area contributed by atoms with Gasteiger partial charge in [-0.05, 0) is 25.0 Å². The lowest BCUT2D eigenvalue weighted by Gasteiger charge is -2.30. The highest BCUT2D eigenvalue weighted by molar-refractivity contribution is 5.70. The zero-order valence-corrected chi connectivity index (χ0v) is 18.1. The zero-order valence-electron chi connectivity index (χ0n) is 18.1. The van der Waals surface area contributed by atoms with E-state index < -0.39 is 17.9 Å². The number of anilines is 1. The molecule has 3 rings (SSSR count). The topological polar surface area (TPSA) is 138 Å². The third-order valence-electron chi connectivity index (χ3n) is 5.70. The maximum atomic E-state index is 11.4. The highest BCUT2D eigenvalue weighted by Crippen LogP contribution is 2.23. The Morgan fingerprint density at radius 1 is 0.688 bits per heavy atom. The number of hydrogen-bond acceptors (Lipinski definition) is 8. The molecule has 11 heteroatoms. The minimum Gasteiger partial charge on any atom is -0.480 e. The maximum Gasteiger partial charge on any atom is 0.317 e. The van der Waals surface area contributed by atoms with Gasteiger partial charge in [0, 0.05) is 58.0 Å². The van der Waals surface area contributed by atoms with Crippen molar-refractivity contribution >= 4 is 23.6 Å². The van der Waals surface area contributed by atoms with Crippen LogP contribution in [-0.2, 0) is 27.5 Å². The van der Waals surface area contributed by atoms with Crippen LogP contribution in [0.4, 0.5) is 5.69 Å². The number of fused-ring (bicyclic) bond motifs is 2. The molecule has 0 aliphatic carbocycles. The Morgan fingerprint density at radius 2 is 1.09 bits per heavy atom. The summed E-state index contributed by atoms with van der Waals surface area (Å²) in [5.74, 6) is -2.88. The Hall–Kier alpha value is -2.76. The van der Waals surface area contributed by atoms with Crippen LogP contribution in [-0.4, -0.2) is 112 Å². The van der Waals surface area contributed by atoms with E-state index in [4.69, 9.17) is 4.98 Å². The first-order chi connectivity index (χ1) is 15.3. The minimum absolute atomic E-state index is 0.170. The van der Waals surface area contributed by atoms with E-state index in [2.05, 4.69) is 4.90 Å². The van der Waals surface area contributed by atoms with Crippen LogP contribution in [0.25, 0.3) is 0 Å². The second-order valence-electron chi connectivity index (χ2n) is 8.38. The molecule has 32 heavy (non-hydrogen) atoms. The number of aliphatic carboxylic acids is 3. The van der Waals surface area contributed by atoms with Crippen molar-refractivity contribution in [3.8, 4) is 0 Å². The number of carboxylic acids is 3. The molecule has 176 valence electrons. The Labute approximate surface area is 186 Å². The Balaban J connectivity index is 1.91. The van der Waals surface area contributed by atoms with E-state index in [-0.39, 0.29) is 19.6 Å². The standard InChI is InChI=1S/C21H31N5O6/c27-19(28)13-23-5-7-24(14-20(29)30)11-16-9-18(26-3-1-2-4-26)10-17(22-16)12-25(8-6-23)15-21(31)32/h9-10H,1-8,11-15H2,(H,27,28)(H,29,30)(H,31,32). The summed E-state index contributed by atoms with van der Waals surface area (Å²) in [6, 6.07) is 3.96. The van der Waals surface area contributed by atoms with Crippen LogP contribution in [0.15, 0.2) is 12.1 Å². The lowest BCUT2D eigenvalue weighted by molar-refractivity contribution is -0.140. The second-order valence-corrected chi connectivity index (χ2v) is 8.38. The fourth-order valence-corrected chi connectivity index (χ4v) is 4.25. The number of carboxylic acid groups (broad SMARTS) is 3. The zero-order chi connectivity index (χ0) is 23.1. The van der Waals surface area contributed by atoms with Gasteiger partial charge in [0.05, 0.1) is 31.0 Å². The van der Waals surface area contributed by atoms with E-state index in [0.29, 0.717) is 39.3 Å². The summed E-state index contributed by atoms with van der Waals surface area (Å²) in [4.78, 5) is 46.3. The van der Waals surface area contributed by atoms with E-state index >= 15 is 0 Å². The highest BCUT2D eigenvalue weighted by atomic mass is 16.4. The molecule has 2 bridgehead atoms. The molecule has 3 N–H and O–H groups in total. The van der Waals surface area contributed by atoms with E-state index in [1.165, 1.54) is 0 Å². The number of carbonyl (C=O) groups is 3. The predicted octanol–water partition coefficient (Wildman–Crippen LogP) is -0.145. The molecule has 2 aliphatic rings. The Kier molecular flexibility index (Phi) is 8.37. The van der Waals surface area contributed by atoms with E-state index in [1.54, 1.807) is 14.7 Å². The van der Waals surface area contributed by atoms with Gasteiger partial charge in [0.1, 0.15) is 0 Å². The molecular weight excluding hydrogens is 418 g/mol. The fourth-order valence-electron chi connectivity index (χ4n) is 4.25. The Morgan fingerprint density at radius 3 is 1.53 bits per heavy atom. The molecule has 0 aromatic carbocycles. The molecule has 1 aromatic heterocycles. The first kappa shape index (κ1) is 23.9. The average Bonchev–Trinajstić information content (AvgIpc) is 3.22. The third kappa shape index (κ3) is 7.43. The summed E-state index contributed by atoms with van der Waals surface area (Å²) < 4.78 is 0.